The standard InChI is InChI=1S/C19H23F3N2O3/c20-19(21,22)16-4-2-1-3-15(16)18(26)24-9-5-14(6-10-24)23-17(25)13-7-11-27-12-8-13/h1-4,13-14H,5-12H2,(H,23,25). The first-order valence-corrected chi connectivity index (χ1v) is 9.20. The normalized spacial score (nSPS) is 19.7. The summed E-state index contributed by atoms with van der Waals surface area (Å²) in [6.07, 6.45) is -2.08. The lowest BCUT2D eigenvalue weighted by Crippen LogP contribution is -2.48. The van der Waals surface area contributed by atoms with Gasteiger partial charge in [0.1, 0.15) is 0 Å². The van der Waals surface area contributed by atoms with Crippen LogP contribution in [-0.2, 0) is 15.7 Å². The average molecular weight is 384 g/mol. The molecule has 2 saturated heterocycles. The molecule has 1 aromatic rings. The Morgan fingerprint density at radius 2 is 1.67 bits per heavy atom. The van der Waals surface area contributed by atoms with Crippen molar-refractivity contribution in [3.63, 3.8) is 0 Å². The van der Waals surface area contributed by atoms with E-state index in [1.54, 1.807) is 0 Å². The molecule has 2 fully saturated rings. The van der Waals surface area contributed by atoms with Gasteiger partial charge in [-0.1, -0.05) is 12.1 Å². The minimum absolute atomic E-state index is 0.00509. The van der Waals surface area contributed by atoms with E-state index in [-0.39, 0.29) is 23.4 Å². The second-order valence-corrected chi connectivity index (χ2v) is 7.01. The average Bonchev–Trinajstić information content (AvgIpc) is 2.68. The molecule has 2 aliphatic heterocycles. The van der Waals surface area contributed by atoms with Gasteiger partial charge in [0.2, 0.25) is 5.91 Å². The molecule has 2 aliphatic rings. The van der Waals surface area contributed by atoms with Gasteiger partial charge in [-0.25, -0.2) is 0 Å². The zero-order valence-electron chi connectivity index (χ0n) is 14.9. The summed E-state index contributed by atoms with van der Waals surface area (Å²) in [4.78, 5) is 26.3. The van der Waals surface area contributed by atoms with E-state index in [9.17, 15) is 22.8 Å². The first kappa shape index (κ1) is 19.7. The molecule has 2 amide bonds. The van der Waals surface area contributed by atoms with E-state index in [1.165, 1.54) is 23.1 Å². The van der Waals surface area contributed by atoms with E-state index in [4.69, 9.17) is 4.74 Å². The highest BCUT2D eigenvalue weighted by atomic mass is 19.4. The van der Waals surface area contributed by atoms with E-state index in [1.807, 2.05) is 0 Å². The first-order valence-electron chi connectivity index (χ1n) is 9.20. The third-order valence-electron chi connectivity index (χ3n) is 5.18. The molecule has 148 valence electrons. The Labute approximate surface area is 155 Å². The fraction of sp³-hybridized carbons (Fsp3) is 0.579. The minimum atomic E-state index is -4.57. The van der Waals surface area contributed by atoms with Gasteiger partial charge >= 0.3 is 6.18 Å². The molecule has 2 heterocycles. The van der Waals surface area contributed by atoms with Crippen LogP contribution in [0.15, 0.2) is 24.3 Å². The van der Waals surface area contributed by atoms with Gasteiger partial charge in [-0.15, -0.1) is 0 Å². The van der Waals surface area contributed by atoms with Crippen LogP contribution in [0.5, 0.6) is 0 Å². The van der Waals surface area contributed by atoms with Crippen LogP contribution in [0.2, 0.25) is 0 Å². The summed E-state index contributed by atoms with van der Waals surface area (Å²) in [6, 6.07) is 4.79. The van der Waals surface area contributed by atoms with Crippen LogP contribution in [0.4, 0.5) is 13.2 Å². The minimum Gasteiger partial charge on any atom is -0.381 e. The Hall–Kier alpha value is -2.09. The number of hydrogen-bond donors (Lipinski definition) is 1. The van der Waals surface area contributed by atoms with Gasteiger partial charge in [0.25, 0.3) is 5.91 Å². The molecule has 1 aromatic carbocycles. The number of benzene rings is 1. The van der Waals surface area contributed by atoms with Crippen LogP contribution in [0.3, 0.4) is 0 Å². The molecule has 0 bridgehead atoms. The Morgan fingerprint density at radius 1 is 1.04 bits per heavy atom. The number of nitrogens with zero attached hydrogens (tertiary/aromatic N) is 1. The monoisotopic (exact) mass is 384 g/mol. The van der Waals surface area contributed by atoms with Crippen molar-refractivity contribution in [2.45, 2.75) is 37.9 Å². The highest BCUT2D eigenvalue weighted by molar-refractivity contribution is 5.96. The van der Waals surface area contributed by atoms with E-state index >= 15 is 0 Å². The fourth-order valence-electron chi connectivity index (χ4n) is 3.59. The Morgan fingerprint density at radius 3 is 2.30 bits per heavy atom. The summed E-state index contributed by atoms with van der Waals surface area (Å²) in [5, 5.41) is 3.01. The molecule has 1 N–H and O–H groups in total. The molecule has 0 aromatic heterocycles. The maximum atomic E-state index is 13.1. The highest BCUT2D eigenvalue weighted by Crippen LogP contribution is 2.32. The maximum absolute atomic E-state index is 13.1. The number of likely N-dealkylation sites (tertiary alicyclic amines) is 1. The number of ether oxygens (including phenoxy) is 1. The van der Waals surface area contributed by atoms with Gasteiger partial charge in [0.05, 0.1) is 11.1 Å². The summed E-state index contributed by atoms with van der Waals surface area (Å²) in [6.45, 7) is 1.82. The van der Waals surface area contributed by atoms with Crippen molar-refractivity contribution in [1.29, 1.82) is 0 Å². The van der Waals surface area contributed by atoms with Gasteiger partial charge in [-0.05, 0) is 37.8 Å². The summed E-state index contributed by atoms with van der Waals surface area (Å²) >= 11 is 0. The Bertz CT molecular complexity index is 679. The van der Waals surface area contributed by atoms with Crippen LogP contribution >= 0.6 is 0 Å². The van der Waals surface area contributed by atoms with Crippen molar-refractivity contribution in [3.8, 4) is 0 Å². The van der Waals surface area contributed by atoms with E-state index < -0.39 is 17.6 Å². The van der Waals surface area contributed by atoms with E-state index in [2.05, 4.69) is 5.32 Å². The second kappa shape index (κ2) is 8.29. The summed E-state index contributed by atoms with van der Waals surface area (Å²) in [5.41, 5.74) is -1.24. The molecule has 0 unspecified atom stereocenters. The number of carbonyl (C=O) groups excluding carboxylic acids is 2. The molecular weight excluding hydrogens is 361 g/mol. The highest BCUT2D eigenvalue weighted by Gasteiger charge is 2.36. The molecule has 0 aliphatic carbocycles. The lowest BCUT2D eigenvalue weighted by molar-refractivity contribution is -0.138. The number of rotatable bonds is 3. The number of piperidine rings is 1. The number of amides is 2. The molecular formula is C19H23F3N2O3. The SMILES string of the molecule is O=C(NC1CCN(C(=O)c2ccccc2C(F)(F)F)CC1)C1CCOCC1. The molecule has 0 saturated carbocycles. The lowest BCUT2D eigenvalue weighted by Gasteiger charge is -2.34. The summed E-state index contributed by atoms with van der Waals surface area (Å²) < 4.78 is 44.6. The molecule has 0 radical (unpaired) electrons. The predicted octanol–water partition coefficient (Wildman–Crippen LogP) is 2.85. The lowest BCUT2D eigenvalue weighted by atomic mass is 9.97. The van der Waals surface area contributed by atoms with Crippen LogP contribution in [0.1, 0.15) is 41.6 Å². The molecule has 27 heavy (non-hydrogen) atoms. The van der Waals surface area contributed by atoms with Crippen molar-refractivity contribution in [2.75, 3.05) is 26.3 Å². The number of nitrogens with one attached hydrogen (secondary N) is 1. The third-order valence-corrected chi connectivity index (χ3v) is 5.18. The van der Waals surface area contributed by atoms with Gasteiger partial charge < -0.3 is 15.0 Å². The van der Waals surface area contributed by atoms with Crippen molar-refractivity contribution < 1.29 is 27.5 Å². The van der Waals surface area contributed by atoms with Crippen molar-refractivity contribution in [2.24, 2.45) is 5.92 Å². The molecule has 0 atom stereocenters. The van der Waals surface area contributed by atoms with Crippen LogP contribution in [0.25, 0.3) is 0 Å². The number of hydrogen-bond acceptors (Lipinski definition) is 3. The van der Waals surface area contributed by atoms with Gasteiger partial charge in [0.15, 0.2) is 0 Å². The Balaban J connectivity index is 1.56. The number of alkyl halides is 3. The van der Waals surface area contributed by atoms with Gasteiger partial charge in [0, 0.05) is 38.3 Å². The first-order chi connectivity index (χ1) is 12.9. The summed E-state index contributed by atoms with van der Waals surface area (Å²) in [5.74, 6) is -0.653. The summed E-state index contributed by atoms with van der Waals surface area (Å²) in [7, 11) is 0. The second-order valence-electron chi connectivity index (χ2n) is 7.01. The maximum Gasteiger partial charge on any atom is 0.417 e. The van der Waals surface area contributed by atoms with Crippen LogP contribution < -0.4 is 5.32 Å². The smallest absolute Gasteiger partial charge is 0.381 e. The topological polar surface area (TPSA) is 58.6 Å². The third kappa shape index (κ3) is 4.80. The van der Waals surface area contributed by atoms with E-state index in [0.29, 0.717) is 52.0 Å². The zero-order chi connectivity index (χ0) is 19.4. The predicted molar refractivity (Wildman–Crippen MR) is 92.1 cm³/mol. The fourth-order valence-corrected chi connectivity index (χ4v) is 3.59. The largest absolute Gasteiger partial charge is 0.417 e. The van der Waals surface area contributed by atoms with Crippen molar-refractivity contribution in [1.82, 2.24) is 10.2 Å². The van der Waals surface area contributed by atoms with E-state index in [0.717, 1.165) is 6.07 Å². The van der Waals surface area contributed by atoms with Crippen LogP contribution in [-0.4, -0.2) is 49.1 Å². The van der Waals surface area contributed by atoms with Gasteiger partial charge in [-0.2, -0.15) is 13.2 Å². The number of carbonyl (C=O) groups is 2. The Kier molecular flexibility index (Phi) is 6.04. The molecule has 8 heteroatoms. The zero-order valence-corrected chi connectivity index (χ0v) is 14.9. The van der Waals surface area contributed by atoms with Crippen LogP contribution in [0, 0.1) is 5.92 Å². The molecule has 5 nitrogen and oxygen atoms in total. The molecule has 0 spiro atoms. The quantitative estimate of drug-likeness (QED) is 0.872. The van der Waals surface area contributed by atoms with Crippen molar-refractivity contribution in [3.05, 3.63) is 35.4 Å². The van der Waals surface area contributed by atoms with Gasteiger partial charge in [-0.3, -0.25) is 9.59 Å². The number of halogens is 3. The van der Waals surface area contributed by atoms with Crippen molar-refractivity contribution >= 4 is 11.8 Å². The molecule has 3 rings (SSSR count).